The van der Waals surface area contributed by atoms with Crippen LogP contribution in [0.15, 0.2) is 36.5 Å². The van der Waals surface area contributed by atoms with Crippen LogP contribution >= 0.6 is 11.8 Å². The van der Waals surface area contributed by atoms with Gasteiger partial charge in [-0.3, -0.25) is 0 Å². The molecule has 23 heavy (non-hydrogen) atoms. The zero-order chi connectivity index (χ0) is 16.1. The third kappa shape index (κ3) is 3.83. The van der Waals surface area contributed by atoms with Crippen molar-refractivity contribution in [1.82, 2.24) is 15.0 Å². The summed E-state index contributed by atoms with van der Waals surface area (Å²) >= 11 is 1.83. The Balaban J connectivity index is 1.97. The van der Waals surface area contributed by atoms with Gasteiger partial charge in [-0.05, 0) is 30.0 Å². The van der Waals surface area contributed by atoms with Gasteiger partial charge in [-0.25, -0.2) is 9.97 Å². The Morgan fingerprint density at radius 3 is 2.96 bits per heavy atom. The summed E-state index contributed by atoms with van der Waals surface area (Å²) in [5, 5.41) is 13.3. The van der Waals surface area contributed by atoms with Crippen LogP contribution in [0.5, 0.6) is 0 Å². The van der Waals surface area contributed by atoms with E-state index in [4.69, 9.17) is 10.1 Å². The van der Waals surface area contributed by atoms with E-state index in [1.807, 2.05) is 42.2 Å². The molecule has 0 bridgehead atoms. The number of nitrogens with one attached hydrogen (secondary N) is 2. The van der Waals surface area contributed by atoms with Crippen LogP contribution in [0.4, 0.5) is 5.82 Å². The van der Waals surface area contributed by atoms with E-state index in [0.717, 1.165) is 39.5 Å². The third-order valence-corrected chi connectivity index (χ3v) is 4.37. The van der Waals surface area contributed by atoms with Gasteiger partial charge in [0.05, 0.1) is 12.3 Å². The van der Waals surface area contributed by atoms with Gasteiger partial charge in [-0.2, -0.15) is 11.8 Å². The maximum absolute atomic E-state index is 9.01. The number of thioether (sulfide) groups is 1. The SMILES string of the molecule is CCSCc1cc(NCCO)nc(-c2ccc3[nH]ccc3c2)n1. The smallest absolute Gasteiger partial charge is 0.161 e. The summed E-state index contributed by atoms with van der Waals surface area (Å²) in [5.41, 5.74) is 3.09. The molecule has 2 heterocycles. The number of nitrogens with zero attached hydrogens (tertiary/aromatic N) is 2. The lowest BCUT2D eigenvalue weighted by molar-refractivity contribution is 0.311. The summed E-state index contributed by atoms with van der Waals surface area (Å²) in [7, 11) is 0. The third-order valence-electron chi connectivity index (χ3n) is 3.46. The normalized spacial score (nSPS) is 11.0. The molecule has 3 rings (SSSR count). The van der Waals surface area contributed by atoms with Crippen LogP contribution in [0.1, 0.15) is 12.6 Å². The van der Waals surface area contributed by atoms with Crippen LogP contribution in [0.2, 0.25) is 0 Å². The van der Waals surface area contributed by atoms with Gasteiger partial charge in [0.2, 0.25) is 0 Å². The predicted octanol–water partition coefficient (Wildman–Crippen LogP) is 3.28. The Bertz CT molecular complexity index is 761. The fourth-order valence-electron chi connectivity index (χ4n) is 2.37. The van der Waals surface area contributed by atoms with Gasteiger partial charge in [0, 0.05) is 41.0 Å². The molecule has 0 saturated carbocycles. The number of benzene rings is 1. The maximum atomic E-state index is 9.01. The van der Waals surface area contributed by atoms with Gasteiger partial charge in [-0.1, -0.05) is 6.92 Å². The zero-order valence-electron chi connectivity index (χ0n) is 13.0. The lowest BCUT2D eigenvalue weighted by atomic mass is 10.1. The molecule has 3 N–H and O–H groups in total. The second kappa shape index (κ2) is 7.48. The van der Waals surface area contributed by atoms with Gasteiger partial charge < -0.3 is 15.4 Å². The summed E-state index contributed by atoms with van der Waals surface area (Å²) in [4.78, 5) is 12.5. The Labute approximate surface area is 139 Å². The summed E-state index contributed by atoms with van der Waals surface area (Å²) in [6, 6.07) is 10.2. The van der Waals surface area contributed by atoms with Gasteiger partial charge in [0.15, 0.2) is 5.82 Å². The molecule has 0 aliphatic heterocycles. The molecule has 1 aromatic carbocycles. The highest BCUT2D eigenvalue weighted by molar-refractivity contribution is 7.98. The first kappa shape index (κ1) is 15.8. The molecule has 0 spiro atoms. The molecule has 0 unspecified atom stereocenters. The highest BCUT2D eigenvalue weighted by Gasteiger charge is 2.08. The average Bonchev–Trinajstić information content (AvgIpc) is 3.05. The molecular weight excluding hydrogens is 308 g/mol. The number of rotatable bonds is 7. The molecule has 5 nitrogen and oxygen atoms in total. The molecule has 2 aromatic heterocycles. The van der Waals surface area contributed by atoms with Crippen molar-refractivity contribution in [3.63, 3.8) is 0 Å². The van der Waals surface area contributed by atoms with E-state index >= 15 is 0 Å². The van der Waals surface area contributed by atoms with E-state index in [-0.39, 0.29) is 6.61 Å². The van der Waals surface area contributed by atoms with E-state index in [1.165, 1.54) is 0 Å². The Morgan fingerprint density at radius 2 is 2.13 bits per heavy atom. The van der Waals surface area contributed by atoms with Crippen LogP contribution < -0.4 is 5.32 Å². The van der Waals surface area contributed by atoms with Crippen LogP contribution in [0, 0.1) is 0 Å². The minimum Gasteiger partial charge on any atom is -0.395 e. The number of fused-ring (bicyclic) bond motifs is 1. The van der Waals surface area contributed by atoms with Crippen molar-refractivity contribution in [3.05, 3.63) is 42.2 Å². The quantitative estimate of drug-likeness (QED) is 0.621. The van der Waals surface area contributed by atoms with Crippen LogP contribution in [0.25, 0.3) is 22.3 Å². The van der Waals surface area contributed by atoms with Crippen molar-refractivity contribution in [2.24, 2.45) is 0 Å². The van der Waals surface area contributed by atoms with E-state index in [9.17, 15) is 0 Å². The lowest BCUT2D eigenvalue weighted by Gasteiger charge is -2.09. The first-order chi connectivity index (χ1) is 11.3. The predicted molar refractivity (Wildman–Crippen MR) is 96.7 cm³/mol. The fourth-order valence-corrected chi connectivity index (χ4v) is 2.94. The second-order valence-electron chi connectivity index (χ2n) is 5.14. The van der Waals surface area contributed by atoms with Crippen LogP contribution in [0.3, 0.4) is 0 Å². The topological polar surface area (TPSA) is 73.8 Å². The number of hydrogen-bond donors (Lipinski definition) is 3. The molecule has 0 radical (unpaired) electrons. The molecule has 0 amide bonds. The minimum absolute atomic E-state index is 0.0771. The Kier molecular flexibility index (Phi) is 5.15. The number of aromatic amines is 1. The summed E-state index contributed by atoms with van der Waals surface area (Å²) in [6.45, 7) is 2.69. The average molecular weight is 328 g/mol. The lowest BCUT2D eigenvalue weighted by Crippen LogP contribution is -2.09. The van der Waals surface area contributed by atoms with E-state index in [1.54, 1.807) is 0 Å². The molecular formula is C17H20N4OS. The summed E-state index contributed by atoms with van der Waals surface area (Å²) < 4.78 is 0. The number of aliphatic hydroxyl groups excluding tert-OH is 1. The molecule has 3 aromatic rings. The van der Waals surface area contributed by atoms with Gasteiger partial charge in [0.25, 0.3) is 0 Å². The van der Waals surface area contributed by atoms with Crippen LogP contribution in [-0.4, -0.2) is 39.0 Å². The highest BCUT2D eigenvalue weighted by Crippen LogP contribution is 2.24. The standard InChI is InChI=1S/C17H20N4OS/c1-2-23-11-14-10-16(19-7-8-22)21-17(20-14)13-3-4-15-12(9-13)5-6-18-15/h3-6,9-10,18,22H,2,7-8,11H2,1H3,(H,19,20,21). The highest BCUT2D eigenvalue weighted by atomic mass is 32.2. The molecule has 0 saturated heterocycles. The summed E-state index contributed by atoms with van der Waals surface area (Å²) in [5.74, 6) is 3.37. The van der Waals surface area contributed by atoms with Crippen LogP contribution in [-0.2, 0) is 5.75 Å². The largest absolute Gasteiger partial charge is 0.395 e. The van der Waals surface area contributed by atoms with Crippen molar-refractivity contribution in [2.45, 2.75) is 12.7 Å². The molecule has 0 atom stereocenters. The van der Waals surface area contributed by atoms with Crippen molar-refractivity contribution in [2.75, 3.05) is 24.2 Å². The van der Waals surface area contributed by atoms with Gasteiger partial charge in [-0.15, -0.1) is 0 Å². The fraction of sp³-hybridized carbons (Fsp3) is 0.294. The minimum atomic E-state index is 0.0771. The van der Waals surface area contributed by atoms with E-state index in [2.05, 4.69) is 28.3 Å². The van der Waals surface area contributed by atoms with Gasteiger partial charge in [0.1, 0.15) is 5.82 Å². The molecule has 0 aliphatic rings. The van der Waals surface area contributed by atoms with Gasteiger partial charge >= 0.3 is 0 Å². The number of H-pyrrole nitrogens is 1. The Hall–Kier alpha value is -2.05. The maximum Gasteiger partial charge on any atom is 0.161 e. The molecule has 0 fully saturated rings. The number of hydrogen-bond acceptors (Lipinski definition) is 5. The molecule has 120 valence electrons. The van der Waals surface area contributed by atoms with Crippen molar-refractivity contribution < 1.29 is 5.11 Å². The van der Waals surface area contributed by atoms with Crippen molar-refractivity contribution in [3.8, 4) is 11.4 Å². The number of anilines is 1. The summed E-state index contributed by atoms with van der Waals surface area (Å²) in [6.07, 6.45) is 1.93. The van der Waals surface area contributed by atoms with E-state index in [0.29, 0.717) is 12.4 Å². The van der Waals surface area contributed by atoms with Crippen molar-refractivity contribution >= 4 is 28.5 Å². The van der Waals surface area contributed by atoms with Crippen molar-refractivity contribution in [1.29, 1.82) is 0 Å². The number of aliphatic hydroxyl groups is 1. The Morgan fingerprint density at radius 1 is 1.22 bits per heavy atom. The first-order valence-corrected chi connectivity index (χ1v) is 8.83. The zero-order valence-corrected chi connectivity index (χ0v) is 13.9. The first-order valence-electron chi connectivity index (χ1n) is 7.68. The molecule has 6 heteroatoms. The second-order valence-corrected chi connectivity index (χ2v) is 6.41. The molecule has 0 aliphatic carbocycles. The number of aromatic nitrogens is 3. The monoisotopic (exact) mass is 328 g/mol. The van der Waals surface area contributed by atoms with E-state index < -0.39 is 0 Å².